The van der Waals surface area contributed by atoms with E-state index in [0.29, 0.717) is 6.17 Å². The van der Waals surface area contributed by atoms with Gasteiger partial charge in [-0.2, -0.15) is 5.10 Å². The van der Waals surface area contributed by atoms with Crippen LogP contribution in [0.4, 0.5) is 0 Å². The van der Waals surface area contributed by atoms with Gasteiger partial charge >= 0.3 is 0 Å². The smallest absolute Gasteiger partial charge is 0.120 e. The molecule has 2 N–H and O–H groups in total. The van der Waals surface area contributed by atoms with E-state index in [-0.39, 0.29) is 0 Å². The Morgan fingerprint density at radius 2 is 2.50 bits per heavy atom. The Morgan fingerprint density at radius 1 is 1.75 bits per heavy atom. The summed E-state index contributed by atoms with van der Waals surface area (Å²) in [4.78, 5) is 0. The first-order valence-corrected chi connectivity index (χ1v) is 2.89. The largest absolute Gasteiger partial charge is 0.351 e. The summed E-state index contributed by atoms with van der Waals surface area (Å²) in [6.07, 6.45) is 1.44. The van der Waals surface area contributed by atoms with Crippen LogP contribution in [-0.2, 0) is 0 Å². The van der Waals surface area contributed by atoms with Crippen molar-refractivity contribution < 1.29 is 0 Å². The van der Waals surface area contributed by atoms with Crippen molar-refractivity contribution in [1.82, 2.24) is 10.7 Å². The molecule has 0 aliphatic carbocycles. The molecule has 0 amide bonds. The van der Waals surface area contributed by atoms with E-state index in [0.717, 1.165) is 12.3 Å². The van der Waals surface area contributed by atoms with Crippen LogP contribution in [0, 0.1) is 0 Å². The van der Waals surface area contributed by atoms with Crippen LogP contribution < -0.4 is 10.7 Å². The summed E-state index contributed by atoms with van der Waals surface area (Å²) in [5.74, 6) is 0.983. The van der Waals surface area contributed by atoms with Crippen molar-refractivity contribution in [2.75, 3.05) is 0 Å². The summed E-state index contributed by atoms with van der Waals surface area (Å²) in [7, 11) is 0. The van der Waals surface area contributed by atoms with E-state index < -0.39 is 0 Å². The molecule has 1 atom stereocenters. The van der Waals surface area contributed by atoms with Crippen molar-refractivity contribution >= 4 is 5.84 Å². The highest BCUT2D eigenvalue weighted by Gasteiger charge is 2.08. The Bertz CT molecular complexity index is 108. The molecule has 1 aliphatic heterocycles. The van der Waals surface area contributed by atoms with Crippen LogP contribution in [0.15, 0.2) is 5.10 Å². The monoisotopic (exact) mass is 113 g/mol. The number of amidine groups is 1. The normalized spacial score (nSPS) is 26.2. The quantitative estimate of drug-likeness (QED) is 0.511. The standard InChI is InChI=1S/C5H11N3/c1-3-5-6-4(2)7-8-5/h5,8H,3H2,1-2H3,(H,6,7). The molecule has 0 bridgehead atoms. The second-order valence-corrected chi connectivity index (χ2v) is 1.93. The molecule has 46 valence electrons. The third kappa shape index (κ3) is 0.911. The van der Waals surface area contributed by atoms with Crippen LogP contribution in [0.5, 0.6) is 0 Å². The number of hydrogen-bond donors (Lipinski definition) is 2. The second-order valence-electron chi connectivity index (χ2n) is 1.93. The lowest BCUT2D eigenvalue weighted by Gasteiger charge is -2.05. The van der Waals surface area contributed by atoms with Gasteiger partial charge in [0.15, 0.2) is 0 Å². The van der Waals surface area contributed by atoms with Crippen molar-refractivity contribution in [2.45, 2.75) is 26.4 Å². The zero-order valence-corrected chi connectivity index (χ0v) is 5.23. The maximum absolute atomic E-state index is 3.94. The highest BCUT2D eigenvalue weighted by Crippen LogP contribution is 1.91. The maximum atomic E-state index is 3.94. The van der Waals surface area contributed by atoms with Gasteiger partial charge in [0.1, 0.15) is 12.0 Å². The van der Waals surface area contributed by atoms with Gasteiger partial charge in [0, 0.05) is 0 Å². The van der Waals surface area contributed by atoms with Gasteiger partial charge in [0.2, 0.25) is 0 Å². The average Bonchev–Trinajstić information content (AvgIpc) is 2.14. The van der Waals surface area contributed by atoms with Crippen molar-refractivity contribution in [3.8, 4) is 0 Å². The summed E-state index contributed by atoms with van der Waals surface area (Å²) in [5.41, 5.74) is 2.93. The highest BCUT2D eigenvalue weighted by atomic mass is 15.4. The molecule has 0 radical (unpaired) electrons. The van der Waals surface area contributed by atoms with E-state index >= 15 is 0 Å². The summed E-state index contributed by atoms with van der Waals surface area (Å²) < 4.78 is 0. The molecule has 0 saturated carbocycles. The second kappa shape index (κ2) is 2.03. The van der Waals surface area contributed by atoms with Gasteiger partial charge in [0.05, 0.1) is 0 Å². The van der Waals surface area contributed by atoms with Crippen molar-refractivity contribution in [1.29, 1.82) is 0 Å². The molecule has 0 spiro atoms. The van der Waals surface area contributed by atoms with Gasteiger partial charge in [-0.25, -0.2) is 0 Å². The Hall–Kier alpha value is -0.730. The molecule has 0 aromatic carbocycles. The molecule has 1 rings (SSSR count). The van der Waals surface area contributed by atoms with Crippen molar-refractivity contribution in [3.05, 3.63) is 0 Å². The van der Waals surface area contributed by atoms with Crippen LogP contribution >= 0.6 is 0 Å². The van der Waals surface area contributed by atoms with Gasteiger partial charge in [0.25, 0.3) is 0 Å². The maximum Gasteiger partial charge on any atom is 0.120 e. The fraction of sp³-hybridized carbons (Fsp3) is 0.800. The third-order valence-electron chi connectivity index (χ3n) is 1.18. The Balaban J connectivity index is 2.32. The molecule has 0 aromatic heterocycles. The topological polar surface area (TPSA) is 36.4 Å². The predicted molar refractivity (Wildman–Crippen MR) is 33.5 cm³/mol. The average molecular weight is 113 g/mol. The molecule has 0 aromatic rings. The first-order valence-electron chi connectivity index (χ1n) is 2.89. The van der Waals surface area contributed by atoms with Gasteiger partial charge in [-0.3, -0.25) is 5.43 Å². The number of rotatable bonds is 1. The van der Waals surface area contributed by atoms with Crippen LogP contribution in [0.25, 0.3) is 0 Å². The Kier molecular flexibility index (Phi) is 1.37. The van der Waals surface area contributed by atoms with Crippen LogP contribution in [0.1, 0.15) is 20.3 Å². The van der Waals surface area contributed by atoms with E-state index in [1.807, 2.05) is 6.92 Å². The lowest BCUT2D eigenvalue weighted by Crippen LogP contribution is -2.33. The minimum atomic E-state index is 0.370. The number of hydrazone groups is 1. The summed E-state index contributed by atoms with van der Waals surface area (Å²) in [6, 6.07) is 0. The fourth-order valence-electron chi connectivity index (χ4n) is 0.685. The van der Waals surface area contributed by atoms with Crippen LogP contribution in [0.2, 0.25) is 0 Å². The molecule has 0 saturated heterocycles. The zero-order valence-electron chi connectivity index (χ0n) is 5.23. The summed E-state index contributed by atoms with van der Waals surface area (Å²) >= 11 is 0. The minimum Gasteiger partial charge on any atom is -0.351 e. The van der Waals surface area contributed by atoms with Crippen LogP contribution in [0.3, 0.4) is 0 Å². The molecule has 3 heteroatoms. The van der Waals surface area contributed by atoms with E-state index in [1.165, 1.54) is 0 Å². The molecule has 1 heterocycles. The van der Waals surface area contributed by atoms with E-state index in [9.17, 15) is 0 Å². The first kappa shape index (κ1) is 5.41. The molecule has 0 fully saturated rings. The zero-order chi connectivity index (χ0) is 5.98. The van der Waals surface area contributed by atoms with Crippen LogP contribution in [-0.4, -0.2) is 12.0 Å². The molecular formula is C5H11N3. The fourth-order valence-corrected chi connectivity index (χ4v) is 0.685. The summed E-state index contributed by atoms with van der Waals surface area (Å²) in [5, 5.41) is 7.09. The van der Waals surface area contributed by atoms with Gasteiger partial charge in [-0.1, -0.05) is 6.92 Å². The van der Waals surface area contributed by atoms with Crippen molar-refractivity contribution in [2.24, 2.45) is 5.10 Å². The SMILES string of the molecule is CCC1NN=C(C)N1. The Morgan fingerprint density at radius 3 is 2.75 bits per heavy atom. The molecule has 1 aliphatic rings. The number of nitrogens with zero attached hydrogens (tertiary/aromatic N) is 1. The Labute approximate surface area is 49.2 Å². The van der Waals surface area contributed by atoms with E-state index in [4.69, 9.17) is 0 Å². The molecule has 3 nitrogen and oxygen atoms in total. The highest BCUT2D eigenvalue weighted by molar-refractivity contribution is 5.80. The third-order valence-corrected chi connectivity index (χ3v) is 1.18. The lowest BCUT2D eigenvalue weighted by atomic mass is 10.4. The van der Waals surface area contributed by atoms with Crippen molar-refractivity contribution in [3.63, 3.8) is 0 Å². The first-order chi connectivity index (χ1) is 3.83. The molecule has 1 unspecified atom stereocenters. The number of nitrogens with one attached hydrogen (secondary N) is 2. The molecule has 8 heavy (non-hydrogen) atoms. The van der Waals surface area contributed by atoms with Gasteiger partial charge in [-0.15, -0.1) is 0 Å². The minimum absolute atomic E-state index is 0.370. The lowest BCUT2D eigenvalue weighted by molar-refractivity contribution is 0.527. The predicted octanol–water partition coefficient (Wildman–Crippen LogP) is 0.249. The molecular weight excluding hydrogens is 102 g/mol. The summed E-state index contributed by atoms with van der Waals surface area (Å²) in [6.45, 7) is 4.06. The van der Waals surface area contributed by atoms with Gasteiger partial charge in [-0.05, 0) is 13.3 Å². The number of hydrogen-bond acceptors (Lipinski definition) is 3. The van der Waals surface area contributed by atoms with Gasteiger partial charge < -0.3 is 5.32 Å². The van der Waals surface area contributed by atoms with E-state index in [1.54, 1.807) is 0 Å². The van der Waals surface area contributed by atoms with E-state index in [2.05, 4.69) is 22.8 Å².